The summed E-state index contributed by atoms with van der Waals surface area (Å²) in [5.41, 5.74) is 7.40. The number of nitrogens with one attached hydrogen (secondary N) is 1. The van der Waals surface area contributed by atoms with Gasteiger partial charge in [0.05, 0.1) is 5.69 Å². The highest BCUT2D eigenvalue weighted by atomic mass is 15.1. The molecule has 0 spiro atoms. The second kappa shape index (κ2) is 7.84. The first-order chi connectivity index (χ1) is 14.4. The van der Waals surface area contributed by atoms with E-state index in [0.717, 1.165) is 25.1 Å². The van der Waals surface area contributed by atoms with Gasteiger partial charge in [0.2, 0.25) is 5.95 Å². The first-order valence-electron chi connectivity index (χ1n) is 10.0. The van der Waals surface area contributed by atoms with Gasteiger partial charge in [-0.3, -0.25) is 4.98 Å². The summed E-state index contributed by atoms with van der Waals surface area (Å²) in [5.74, 6) is 1.03. The number of aromatic nitrogens is 3. The Morgan fingerprint density at radius 2 is 1.69 bits per heavy atom. The smallest absolute Gasteiger partial charge is 0.223 e. The van der Waals surface area contributed by atoms with Crippen LogP contribution in [0.4, 0.5) is 5.95 Å². The zero-order chi connectivity index (χ0) is 19.5. The molecule has 1 unspecified atom stereocenters. The molecule has 4 aromatic rings. The Kier molecular flexibility index (Phi) is 4.75. The average Bonchev–Trinajstić information content (AvgIpc) is 2.80. The monoisotopic (exact) mass is 378 g/mol. The molecule has 1 aliphatic carbocycles. The molecular weight excluding hydrogens is 356 g/mol. The van der Waals surface area contributed by atoms with Crippen LogP contribution < -0.4 is 5.32 Å². The number of hydrogen-bond acceptors (Lipinski definition) is 4. The summed E-state index contributed by atoms with van der Waals surface area (Å²) in [6.45, 7) is 0.789. The van der Waals surface area contributed by atoms with Crippen LogP contribution in [0.25, 0.3) is 11.3 Å². The van der Waals surface area contributed by atoms with Gasteiger partial charge in [0.25, 0.3) is 0 Å². The molecule has 1 aliphatic rings. The molecule has 2 aromatic heterocycles. The standard InChI is InChI=1S/C25H22N4/c1-2-6-19(7-3-1)23-16-20-17-28-25(27-15-12-18-10-13-26-14-11-18)29-24(20)22-9-5-4-8-21(22)23/h1-11,13-14,17,23H,12,15-16H2,(H,27,28,29). The van der Waals surface area contributed by atoms with Crippen LogP contribution in [-0.4, -0.2) is 21.5 Å². The van der Waals surface area contributed by atoms with Crippen LogP contribution in [0.2, 0.25) is 0 Å². The van der Waals surface area contributed by atoms with Gasteiger partial charge in [0.1, 0.15) is 0 Å². The lowest BCUT2D eigenvalue weighted by Gasteiger charge is -2.27. The number of hydrogen-bond donors (Lipinski definition) is 1. The van der Waals surface area contributed by atoms with Crippen molar-refractivity contribution in [3.63, 3.8) is 0 Å². The fraction of sp³-hybridized carbons (Fsp3) is 0.160. The SMILES string of the molecule is c1ccc(C2Cc3cnc(NCCc4ccncc4)nc3-c3ccccc32)cc1. The Hall–Kier alpha value is -3.53. The molecule has 2 aromatic carbocycles. The van der Waals surface area contributed by atoms with E-state index in [1.807, 2.05) is 30.7 Å². The lowest BCUT2D eigenvalue weighted by atomic mass is 9.78. The third-order valence-electron chi connectivity index (χ3n) is 5.53. The van der Waals surface area contributed by atoms with Crippen molar-refractivity contribution in [3.05, 3.63) is 108 Å². The first-order valence-corrected chi connectivity index (χ1v) is 10.0. The summed E-state index contributed by atoms with van der Waals surface area (Å²) in [4.78, 5) is 13.5. The van der Waals surface area contributed by atoms with Gasteiger partial charge in [0.15, 0.2) is 0 Å². The molecule has 29 heavy (non-hydrogen) atoms. The summed E-state index contributed by atoms with van der Waals surface area (Å²) in [6, 6.07) is 23.4. The maximum Gasteiger partial charge on any atom is 0.223 e. The molecule has 1 atom stereocenters. The molecule has 142 valence electrons. The predicted octanol–water partition coefficient (Wildman–Crippen LogP) is 4.88. The highest BCUT2D eigenvalue weighted by Crippen LogP contribution is 2.41. The molecule has 0 saturated heterocycles. The largest absolute Gasteiger partial charge is 0.354 e. The fourth-order valence-electron chi connectivity index (χ4n) is 4.07. The Bertz CT molecular complexity index is 1110. The van der Waals surface area contributed by atoms with E-state index in [1.54, 1.807) is 0 Å². The van der Waals surface area contributed by atoms with Gasteiger partial charge < -0.3 is 5.32 Å². The summed E-state index contributed by atoms with van der Waals surface area (Å²) >= 11 is 0. The molecule has 0 aliphatic heterocycles. The molecule has 4 nitrogen and oxygen atoms in total. The lowest BCUT2D eigenvalue weighted by Crippen LogP contribution is -2.16. The molecular formula is C25H22N4. The van der Waals surface area contributed by atoms with Crippen LogP contribution in [0.3, 0.4) is 0 Å². The summed E-state index contributed by atoms with van der Waals surface area (Å²) in [6.07, 6.45) is 7.47. The number of anilines is 1. The maximum absolute atomic E-state index is 4.88. The molecule has 0 radical (unpaired) electrons. The van der Waals surface area contributed by atoms with Gasteiger partial charge >= 0.3 is 0 Å². The molecule has 0 amide bonds. The molecule has 5 rings (SSSR count). The molecule has 0 saturated carbocycles. The van der Waals surface area contributed by atoms with Crippen molar-refractivity contribution in [3.8, 4) is 11.3 Å². The molecule has 0 fully saturated rings. The van der Waals surface area contributed by atoms with Crippen LogP contribution in [0.5, 0.6) is 0 Å². The van der Waals surface area contributed by atoms with E-state index in [-0.39, 0.29) is 0 Å². The van der Waals surface area contributed by atoms with Crippen molar-refractivity contribution in [1.29, 1.82) is 0 Å². The number of pyridine rings is 1. The number of benzene rings is 2. The van der Waals surface area contributed by atoms with E-state index in [4.69, 9.17) is 4.98 Å². The van der Waals surface area contributed by atoms with Crippen molar-refractivity contribution in [2.75, 3.05) is 11.9 Å². The number of nitrogens with zero attached hydrogens (tertiary/aromatic N) is 3. The van der Waals surface area contributed by atoms with Crippen LogP contribution in [0, 0.1) is 0 Å². The van der Waals surface area contributed by atoms with E-state index >= 15 is 0 Å². The van der Waals surface area contributed by atoms with Crippen molar-refractivity contribution >= 4 is 5.95 Å². The minimum atomic E-state index is 0.342. The van der Waals surface area contributed by atoms with Crippen molar-refractivity contribution in [1.82, 2.24) is 15.0 Å². The van der Waals surface area contributed by atoms with E-state index in [1.165, 1.54) is 27.8 Å². The zero-order valence-corrected chi connectivity index (χ0v) is 16.1. The Labute approximate surface area is 170 Å². The molecule has 2 heterocycles. The van der Waals surface area contributed by atoms with Gasteiger partial charge in [-0.05, 0) is 47.2 Å². The maximum atomic E-state index is 4.88. The van der Waals surface area contributed by atoms with Gasteiger partial charge in [-0.15, -0.1) is 0 Å². The van der Waals surface area contributed by atoms with Gasteiger partial charge in [-0.25, -0.2) is 9.97 Å². The molecule has 0 bridgehead atoms. The lowest BCUT2D eigenvalue weighted by molar-refractivity contribution is 0.781. The average molecular weight is 378 g/mol. The van der Waals surface area contributed by atoms with Crippen molar-refractivity contribution < 1.29 is 0 Å². The van der Waals surface area contributed by atoms with Gasteiger partial charge in [-0.2, -0.15) is 0 Å². The quantitative estimate of drug-likeness (QED) is 0.538. The van der Waals surface area contributed by atoms with E-state index in [0.29, 0.717) is 11.9 Å². The Balaban J connectivity index is 1.41. The second-order valence-corrected chi connectivity index (χ2v) is 7.35. The Morgan fingerprint density at radius 3 is 2.55 bits per heavy atom. The second-order valence-electron chi connectivity index (χ2n) is 7.35. The summed E-state index contributed by atoms with van der Waals surface area (Å²) in [7, 11) is 0. The highest BCUT2D eigenvalue weighted by molar-refractivity contribution is 5.72. The van der Waals surface area contributed by atoms with Crippen molar-refractivity contribution in [2.24, 2.45) is 0 Å². The minimum absolute atomic E-state index is 0.342. The normalized spacial score (nSPS) is 14.7. The van der Waals surface area contributed by atoms with Gasteiger partial charge in [-0.1, -0.05) is 54.6 Å². The number of fused-ring (bicyclic) bond motifs is 3. The highest BCUT2D eigenvalue weighted by Gasteiger charge is 2.27. The zero-order valence-electron chi connectivity index (χ0n) is 16.1. The van der Waals surface area contributed by atoms with Crippen molar-refractivity contribution in [2.45, 2.75) is 18.8 Å². The van der Waals surface area contributed by atoms with Crippen LogP contribution in [0.1, 0.15) is 28.2 Å². The molecule has 1 N–H and O–H groups in total. The molecule has 4 heteroatoms. The number of rotatable bonds is 5. The topological polar surface area (TPSA) is 50.7 Å². The minimum Gasteiger partial charge on any atom is -0.354 e. The third kappa shape index (κ3) is 3.61. The van der Waals surface area contributed by atoms with Crippen LogP contribution in [0.15, 0.2) is 85.3 Å². The van der Waals surface area contributed by atoms with E-state index in [2.05, 4.69) is 69.9 Å². The predicted molar refractivity (Wildman–Crippen MR) is 116 cm³/mol. The Morgan fingerprint density at radius 1 is 0.897 bits per heavy atom. The fourth-order valence-corrected chi connectivity index (χ4v) is 4.07. The van der Waals surface area contributed by atoms with Crippen LogP contribution in [-0.2, 0) is 12.8 Å². The summed E-state index contributed by atoms with van der Waals surface area (Å²) < 4.78 is 0. The van der Waals surface area contributed by atoms with Crippen LogP contribution >= 0.6 is 0 Å². The summed E-state index contributed by atoms with van der Waals surface area (Å²) in [5, 5.41) is 3.37. The third-order valence-corrected chi connectivity index (χ3v) is 5.53. The first kappa shape index (κ1) is 17.6. The van der Waals surface area contributed by atoms with E-state index in [9.17, 15) is 0 Å². The van der Waals surface area contributed by atoms with E-state index < -0.39 is 0 Å². The van der Waals surface area contributed by atoms with Gasteiger partial charge in [0, 0.05) is 36.6 Å².